The molecule has 0 fully saturated rings. The molecule has 2 nitrogen and oxygen atoms in total. The monoisotopic (exact) mass is 289 g/mol. The Kier molecular flexibility index (Phi) is 4.85. The Balaban J connectivity index is 1.57. The topological polar surface area (TPSA) is 21.3 Å². The third-order valence-corrected chi connectivity index (χ3v) is 3.38. The van der Waals surface area contributed by atoms with E-state index in [-0.39, 0.29) is 0 Å². The largest absolute Gasteiger partial charge is 0.457 e. The summed E-state index contributed by atoms with van der Waals surface area (Å²) < 4.78 is 5.86. The third-order valence-electron chi connectivity index (χ3n) is 3.38. The van der Waals surface area contributed by atoms with Gasteiger partial charge in [0.15, 0.2) is 0 Å². The SMILES string of the molecule is c1ccc(CNCc2cccc(Oc3ccccc3)c2)cc1. The van der Waals surface area contributed by atoms with Gasteiger partial charge in [0.1, 0.15) is 11.5 Å². The summed E-state index contributed by atoms with van der Waals surface area (Å²) >= 11 is 0. The molecule has 3 aromatic carbocycles. The highest BCUT2D eigenvalue weighted by Crippen LogP contribution is 2.21. The van der Waals surface area contributed by atoms with Crippen molar-refractivity contribution in [3.05, 3.63) is 96.1 Å². The molecular formula is C20H19NO. The maximum Gasteiger partial charge on any atom is 0.127 e. The zero-order valence-electron chi connectivity index (χ0n) is 12.4. The summed E-state index contributed by atoms with van der Waals surface area (Å²) in [4.78, 5) is 0. The number of nitrogens with one attached hydrogen (secondary N) is 1. The van der Waals surface area contributed by atoms with Crippen molar-refractivity contribution in [2.75, 3.05) is 0 Å². The minimum Gasteiger partial charge on any atom is -0.457 e. The van der Waals surface area contributed by atoms with Crippen molar-refractivity contribution < 1.29 is 4.74 Å². The fraction of sp³-hybridized carbons (Fsp3) is 0.100. The van der Waals surface area contributed by atoms with E-state index in [0.29, 0.717) is 0 Å². The van der Waals surface area contributed by atoms with Crippen LogP contribution < -0.4 is 10.1 Å². The van der Waals surface area contributed by atoms with Crippen molar-refractivity contribution in [3.8, 4) is 11.5 Å². The molecule has 110 valence electrons. The van der Waals surface area contributed by atoms with Gasteiger partial charge >= 0.3 is 0 Å². The molecular weight excluding hydrogens is 270 g/mol. The Morgan fingerprint density at radius 2 is 1.18 bits per heavy atom. The minimum atomic E-state index is 0.820. The van der Waals surface area contributed by atoms with Gasteiger partial charge in [-0.15, -0.1) is 0 Å². The predicted octanol–water partition coefficient (Wildman–Crippen LogP) is 4.77. The Hall–Kier alpha value is -2.58. The summed E-state index contributed by atoms with van der Waals surface area (Å²) in [6, 6.07) is 28.4. The minimum absolute atomic E-state index is 0.820. The molecule has 3 rings (SSSR count). The molecule has 2 heteroatoms. The molecule has 1 N–H and O–H groups in total. The van der Waals surface area contributed by atoms with E-state index >= 15 is 0 Å². The molecule has 0 aromatic heterocycles. The second-order valence-corrected chi connectivity index (χ2v) is 5.15. The van der Waals surface area contributed by atoms with E-state index in [9.17, 15) is 0 Å². The van der Waals surface area contributed by atoms with Crippen molar-refractivity contribution in [3.63, 3.8) is 0 Å². The van der Waals surface area contributed by atoms with Crippen molar-refractivity contribution >= 4 is 0 Å². The fourth-order valence-electron chi connectivity index (χ4n) is 2.29. The van der Waals surface area contributed by atoms with E-state index in [1.54, 1.807) is 0 Å². The first kappa shape index (κ1) is 14.4. The maximum atomic E-state index is 5.86. The number of hydrogen-bond acceptors (Lipinski definition) is 2. The number of hydrogen-bond donors (Lipinski definition) is 1. The summed E-state index contributed by atoms with van der Waals surface area (Å²) in [5, 5.41) is 3.45. The van der Waals surface area contributed by atoms with Crippen LogP contribution in [0.3, 0.4) is 0 Å². The molecule has 0 amide bonds. The second-order valence-electron chi connectivity index (χ2n) is 5.15. The number of para-hydroxylation sites is 1. The molecule has 22 heavy (non-hydrogen) atoms. The fourth-order valence-corrected chi connectivity index (χ4v) is 2.29. The molecule has 0 aliphatic carbocycles. The highest BCUT2D eigenvalue weighted by atomic mass is 16.5. The van der Waals surface area contributed by atoms with Gasteiger partial charge in [-0.1, -0.05) is 60.7 Å². The standard InChI is InChI=1S/C20H19NO/c1-3-8-17(9-4-1)15-21-16-18-10-7-13-20(14-18)22-19-11-5-2-6-12-19/h1-14,21H,15-16H2. The second kappa shape index (κ2) is 7.43. The normalized spacial score (nSPS) is 10.4. The lowest BCUT2D eigenvalue weighted by molar-refractivity contribution is 0.481. The zero-order chi connectivity index (χ0) is 15.0. The molecule has 0 atom stereocenters. The van der Waals surface area contributed by atoms with Gasteiger partial charge in [0, 0.05) is 13.1 Å². The molecule has 0 heterocycles. The number of ether oxygens (including phenoxy) is 1. The van der Waals surface area contributed by atoms with Gasteiger partial charge in [-0.05, 0) is 35.4 Å². The van der Waals surface area contributed by atoms with E-state index < -0.39 is 0 Å². The van der Waals surface area contributed by atoms with Crippen molar-refractivity contribution in [1.29, 1.82) is 0 Å². The molecule has 0 aliphatic heterocycles. The van der Waals surface area contributed by atoms with Gasteiger partial charge < -0.3 is 10.1 Å². The van der Waals surface area contributed by atoms with Gasteiger partial charge in [-0.3, -0.25) is 0 Å². The first-order chi connectivity index (χ1) is 10.9. The molecule has 3 aromatic rings. The quantitative estimate of drug-likeness (QED) is 0.706. The van der Waals surface area contributed by atoms with Crippen molar-refractivity contribution in [1.82, 2.24) is 5.32 Å². The van der Waals surface area contributed by atoms with Crippen LogP contribution in [0.2, 0.25) is 0 Å². The average molecular weight is 289 g/mol. The first-order valence-electron chi connectivity index (χ1n) is 7.47. The van der Waals surface area contributed by atoms with Crippen LogP contribution in [0.5, 0.6) is 11.5 Å². The number of rotatable bonds is 6. The lowest BCUT2D eigenvalue weighted by atomic mass is 10.2. The molecule has 0 radical (unpaired) electrons. The van der Waals surface area contributed by atoms with E-state index in [1.807, 2.05) is 48.5 Å². The van der Waals surface area contributed by atoms with Crippen molar-refractivity contribution in [2.45, 2.75) is 13.1 Å². The van der Waals surface area contributed by atoms with Crippen LogP contribution in [-0.2, 0) is 13.1 Å². The number of benzene rings is 3. The Bertz CT molecular complexity index is 695. The summed E-state index contributed by atoms with van der Waals surface area (Å²) in [5.74, 6) is 1.72. The lowest BCUT2D eigenvalue weighted by Crippen LogP contribution is -2.12. The Morgan fingerprint density at radius 1 is 0.591 bits per heavy atom. The van der Waals surface area contributed by atoms with Gasteiger partial charge in [-0.25, -0.2) is 0 Å². The predicted molar refractivity (Wildman–Crippen MR) is 89.9 cm³/mol. The first-order valence-corrected chi connectivity index (χ1v) is 7.47. The Labute approximate surface area is 131 Å². The molecule has 0 aliphatic rings. The van der Waals surface area contributed by atoms with Crippen LogP contribution in [-0.4, -0.2) is 0 Å². The molecule has 0 saturated heterocycles. The third kappa shape index (κ3) is 4.21. The Morgan fingerprint density at radius 3 is 1.95 bits per heavy atom. The van der Waals surface area contributed by atoms with E-state index in [0.717, 1.165) is 24.6 Å². The lowest BCUT2D eigenvalue weighted by Gasteiger charge is -2.09. The van der Waals surface area contributed by atoms with E-state index in [2.05, 4.69) is 41.7 Å². The summed E-state index contributed by atoms with van der Waals surface area (Å²) in [6.45, 7) is 1.69. The van der Waals surface area contributed by atoms with Gasteiger partial charge in [0.25, 0.3) is 0 Å². The van der Waals surface area contributed by atoms with Crippen LogP contribution in [0.1, 0.15) is 11.1 Å². The van der Waals surface area contributed by atoms with Crippen molar-refractivity contribution in [2.24, 2.45) is 0 Å². The average Bonchev–Trinajstić information content (AvgIpc) is 2.57. The highest BCUT2D eigenvalue weighted by Gasteiger charge is 1.99. The van der Waals surface area contributed by atoms with Crippen LogP contribution >= 0.6 is 0 Å². The van der Waals surface area contributed by atoms with Crippen LogP contribution in [0.15, 0.2) is 84.9 Å². The molecule has 0 saturated carbocycles. The maximum absolute atomic E-state index is 5.86. The molecule has 0 bridgehead atoms. The van der Waals surface area contributed by atoms with E-state index in [1.165, 1.54) is 11.1 Å². The van der Waals surface area contributed by atoms with E-state index in [4.69, 9.17) is 4.74 Å². The molecule has 0 unspecified atom stereocenters. The van der Waals surface area contributed by atoms with Gasteiger partial charge in [0.05, 0.1) is 0 Å². The molecule has 0 spiro atoms. The highest BCUT2D eigenvalue weighted by molar-refractivity contribution is 5.33. The summed E-state index contributed by atoms with van der Waals surface area (Å²) in [7, 11) is 0. The smallest absolute Gasteiger partial charge is 0.127 e. The van der Waals surface area contributed by atoms with Gasteiger partial charge in [-0.2, -0.15) is 0 Å². The van der Waals surface area contributed by atoms with Crippen LogP contribution in [0.25, 0.3) is 0 Å². The summed E-state index contributed by atoms with van der Waals surface area (Å²) in [5.41, 5.74) is 2.50. The van der Waals surface area contributed by atoms with Gasteiger partial charge in [0.2, 0.25) is 0 Å². The summed E-state index contributed by atoms with van der Waals surface area (Å²) in [6.07, 6.45) is 0. The van der Waals surface area contributed by atoms with Crippen LogP contribution in [0, 0.1) is 0 Å². The zero-order valence-corrected chi connectivity index (χ0v) is 12.4. The van der Waals surface area contributed by atoms with Crippen LogP contribution in [0.4, 0.5) is 0 Å².